The Balaban J connectivity index is 1.57. The van der Waals surface area contributed by atoms with Gasteiger partial charge in [-0.15, -0.1) is 0 Å². The molecule has 0 aliphatic heterocycles. The Morgan fingerprint density at radius 1 is 1.38 bits per heavy atom. The first-order chi connectivity index (χ1) is 10.3. The van der Waals surface area contributed by atoms with Crippen molar-refractivity contribution < 1.29 is 4.74 Å². The highest BCUT2D eigenvalue weighted by atomic mass is 79.9. The van der Waals surface area contributed by atoms with Gasteiger partial charge in [-0.05, 0) is 42.9 Å². The minimum absolute atomic E-state index is 0.761. The summed E-state index contributed by atoms with van der Waals surface area (Å²) in [5.41, 5.74) is 1.22. The third-order valence-electron chi connectivity index (χ3n) is 3.38. The molecule has 1 aliphatic carbocycles. The number of ether oxygens (including phenoxy) is 1. The smallest absolute Gasteiger partial charge is 0.191 e. The normalized spacial score (nSPS) is 15.0. The number of guanidine groups is 1. The molecule has 1 aliphatic rings. The van der Waals surface area contributed by atoms with E-state index in [1.165, 1.54) is 18.4 Å². The largest absolute Gasteiger partial charge is 0.381 e. The van der Waals surface area contributed by atoms with Gasteiger partial charge in [-0.2, -0.15) is 0 Å². The lowest BCUT2D eigenvalue weighted by Crippen LogP contribution is -2.37. The van der Waals surface area contributed by atoms with Crippen LogP contribution in [0.15, 0.2) is 33.7 Å². The Labute approximate surface area is 135 Å². The molecule has 1 saturated carbocycles. The summed E-state index contributed by atoms with van der Waals surface area (Å²) in [5.74, 6) is 1.68. The Kier molecular flexibility index (Phi) is 7.03. The van der Waals surface area contributed by atoms with Crippen LogP contribution in [0.1, 0.15) is 24.8 Å². The van der Waals surface area contributed by atoms with Gasteiger partial charge in [-0.25, -0.2) is 0 Å². The predicted octanol–water partition coefficient (Wildman–Crippen LogP) is 2.93. The average Bonchev–Trinajstić information content (AvgIpc) is 3.30. The molecule has 2 N–H and O–H groups in total. The molecular formula is C16H24BrN3O. The molecule has 0 spiro atoms. The highest BCUT2D eigenvalue weighted by molar-refractivity contribution is 9.10. The average molecular weight is 354 g/mol. The van der Waals surface area contributed by atoms with Crippen molar-refractivity contribution in [2.75, 3.05) is 26.8 Å². The van der Waals surface area contributed by atoms with Gasteiger partial charge in [0.2, 0.25) is 0 Å². The van der Waals surface area contributed by atoms with Gasteiger partial charge in [0.05, 0.1) is 0 Å². The number of hydrogen-bond acceptors (Lipinski definition) is 2. The maximum atomic E-state index is 5.61. The van der Waals surface area contributed by atoms with E-state index >= 15 is 0 Å². The summed E-state index contributed by atoms with van der Waals surface area (Å²) in [6, 6.07) is 8.26. The molecule has 21 heavy (non-hydrogen) atoms. The van der Waals surface area contributed by atoms with Crippen LogP contribution in [0.4, 0.5) is 0 Å². The van der Waals surface area contributed by atoms with Crippen molar-refractivity contribution in [1.82, 2.24) is 10.6 Å². The Hall–Kier alpha value is -1.07. The molecule has 1 aromatic carbocycles. The Morgan fingerprint density at radius 2 is 2.24 bits per heavy atom. The lowest BCUT2D eigenvalue weighted by molar-refractivity contribution is 0.123. The van der Waals surface area contributed by atoms with E-state index in [0.29, 0.717) is 0 Å². The van der Waals surface area contributed by atoms with Crippen molar-refractivity contribution in [3.05, 3.63) is 34.3 Å². The fourth-order valence-electron chi connectivity index (χ4n) is 1.97. The molecule has 0 bridgehead atoms. The number of aliphatic imine (C=N–C) groups is 1. The molecule has 2 rings (SSSR count). The first-order valence-electron chi connectivity index (χ1n) is 7.54. The molecule has 116 valence electrons. The molecule has 5 heteroatoms. The molecule has 0 heterocycles. The number of hydrogen-bond donors (Lipinski definition) is 2. The van der Waals surface area contributed by atoms with Crippen LogP contribution in [0.25, 0.3) is 0 Å². The van der Waals surface area contributed by atoms with E-state index in [1.807, 2.05) is 12.1 Å². The monoisotopic (exact) mass is 353 g/mol. The third-order valence-corrected chi connectivity index (χ3v) is 3.87. The van der Waals surface area contributed by atoms with Crippen molar-refractivity contribution in [3.8, 4) is 0 Å². The number of nitrogens with one attached hydrogen (secondary N) is 2. The van der Waals surface area contributed by atoms with Gasteiger partial charge in [0.1, 0.15) is 0 Å². The van der Waals surface area contributed by atoms with Gasteiger partial charge < -0.3 is 15.4 Å². The molecule has 0 saturated heterocycles. The van der Waals surface area contributed by atoms with E-state index in [0.717, 1.165) is 49.1 Å². The SMILES string of the molecule is CN=C(NCCCOCC1CC1)NCc1cccc(Br)c1. The molecule has 0 amide bonds. The maximum absolute atomic E-state index is 5.61. The summed E-state index contributed by atoms with van der Waals surface area (Å²) in [6.45, 7) is 3.40. The summed E-state index contributed by atoms with van der Waals surface area (Å²) in [6.07, 6.45) is 3.71. The van der Waals surface area contributed by atoms with Gasteiger partial charge >= 0.3 is 0 Å². The van der Waals surface area contributed by atoms with Crippen molar-refractivity contribution >= 4 is 21.9 Å². The summed E-state index contributed by atoms with van der Waals surface area (Å²) in [4.78, 5) is 4.22. The van der Waals surface area contributed by atoms with E-state index in [4.69, 9.17) is 4.74 Å². The molecule has 4 nitrogen and oxygen atoms in total. The second kappa shape index (κ2) is 9.05. The van der Waals surface area contributed by atoms with E-state index in [2.05, 4.69) is 43.7 Å². The number of benzene rings is 1. The van der Waals surface area contributed by atoms with Crippen molar-refractivity contribution in [3.63, 3.8) is 0 Å². The minimum Gasteiger partial charge on any atom is -0.381 e. The fraction of sp³-hybridized carbons (Fsp3) is 0.562. The summed E-state index contributed by atoms with van der Waals surface area (Å²) >= 11 is 3.48. The highest BCUT2D eigenvalue weighted by Crippen LogP contribution is 2.28. The molecule has 0 atom stereocenters. The van der Waals surface area contributed by atoms with Crippen LogP contribution in [-0.2, 0) is 11.3 Å². The van der Waals surface area contributed by atoms with Crippen LogP contribution < -0.4 is 10.6 Å². The molecule has 0 unspecified atom stereocenters. The van der Waals surface area contributed by atoms with Crippen LogP contribution in [-0.4, -0.2) is 32.8 Å². The number of halogens is 1. The van der Waals surface area contributed by atoms with Crippen LogP contribution in [0.2, 0.25) is 0 Å². The van der Waals surface area contributed by atoms with Gasteiger partial charge in [0, 0.05) is 37.8 Å². The van der Waals surface area contributed by atoms with E-state index in [-0.39, 0.29) is 0 Å². The zero-order chi connectivity index (χ0) is 14.9. The highest BCUT2D eigenvalue weighted by Gasteiger charge is 2.20. The molecule has 1 fully saturated rings. The maximum Gasteiger partial charge on any atom is 0.191 e. The quantitative estimate of drug-likeness (QED) is 0.429. The molecule has 0 aromatic heterocycles. The Morgan fingerprint density at radius 3 is 2.95 bits per heavy atom. The van der Waals surface area contributed by atoms with E-state index in [1.54, 1.807) is 7.05 Å². The summed E-state index contributed by atoms with van der Waals surface area (Å²) in [7, 11) is 1.79. The van der Waals surface area contributed by atoms with Crippen LogP contribution in [0, 0.1) is 5.92 Å². The van der Waals surface area contributed by atoms with Crippen LogP contribution in [0.5, 0.6) is 0 Å². The van der Waals surface area contributed by atoms with Crippen molar-refractivity contribution in [2.24, 2.45) is 10.9 Å². The zero-order valence-electron chi connectivity index (χ0n) is 12.6. The van der Waals surface area contributed by atoms with E-state index in [9.17, 15) is 0 Å². The minimum atomic E-state index is 0.761. The predicted molar refractivity (Wildman–Crippen MR) is 90.5 cm³/mol. The van der Waals surface area contributed by atoms with Gasteiger partial charge in [-0.3, -0.25) is 4.99 Å². The summed E-state index contributed by atoms with van der Waals surface area (Å²) < 4.78 is 6.70. The standard InChI is InChI=1S/C16H24BrN3O/c1-18-16(19-8-3-9-21-12-13-6-7-13)20-11-14-4-2-5-15(17)10-14/h2,4-5,10,13H,3,6-9,11-12H2,1H3,(H2,18,19,20). The lowest BCUT2D eigenvalue weighted by atomic mass is 10.2. The van der Waals surface area contributed by atoms with Crippen molar-refractivity contribution in [2.45, 2.75) is 25.8 Å². The molecular weight excluding hydrogens is 330 g/mol. The van der Waals surface area contributed by atoms with E-state index < -0.39 is 0 Å². The topological polar surface area (TPSA) is 45.7 Å². The third kappa shape index (κ3) is 6.96. The lowest BCUT2D eigenvalue weighted by Gasteiger charge is -2.12. The first kappa shape index (κ1) is 16.3. The molecule has 1 aromatic rings. The summed E-state index contributed by atoms with van der Waals surface area (Å²) in [5, 5.41) is 6.61. The second-order valence-electron chi connectivity index (χ2n) is 5.35. The number of rotatable bonds is 8. The molecule has 0 radical (unpaired) electrons. The first-order valence-corrected chi connectivity index (χ1v) is 8.34. The van der Waals surface area contributed by atoms with Gasteiger partial charge in [0.15, 0.2) is 5.96 Å². The van der Waals surface area contributed by atoms with Crippen molar-refractivity contribution in [1.29, 1.82) is 0 Å². The number of nitrogens with zero attached hydrogens (tertiary/aromatic N) is 1. The Bertz CT molecular complexity index is 461. The van der Waals surface area contributed by atoms with Crippen LogP contribution >= 0.6 is 15.9 Å². The fourth-order valence-corrected chi connectivity index (χ4v) is 2.42. The van der Waals surface area contributed by atoms with Gasteiger partial charge in [0.25, 0.3) is 0 Å². The van der Waals surface area contributed by atoms with Crippen LogP contribution in [0.3, 0.4) is 0 Å². The zero-order valence-corrected chi connectivity index (χ0v) is 14.2. The second-order valence-corrected chi connectivity index (χ2v) is 6.27. The van der Waals surface area contributed by atoms with Gasteiger partial charge in [-0.1, -0.05) is 28.1 Å².